The molecule has 3 saturated carbocycles. The fourth-order valence-corrected chi connectivity index (χ4v) is 13.8. The van der Waals surface area contributed by atoms with Crippen LogP contribution in [0.15, 0.2) is 111 Å². The van der Waals surface area contributed by atoms with Gasteiger partial charge < -0.3 is 21.1 Å². The van der Waals surface area contributed by atoms with Crippen LogP contribution in [0.25, 0.3) is 0 Å². The van der Waals surface area contributed by atoms with Gasteiger partial charge >= 0.3 is 48.4 Å². The van der Waals surface area contributed by atoms with Crippen LogP contribution in [-0.2, 0) is 48.4 Å². The summed E-state index contributed by atoms with van der Waals surface area (Å²) in [5.41, 5.74) is 2.65. The van der Waals surface area contributed by atoms with Gasteiger partial charge in [0.1, 0.15) is 38.0 Å². The third kappa shape index (κ3) is 14.6. The predicted octanol–water partition coefficient (Wildman–Crippen LogP) is 4.31. The van der Waals surface area contributed by atoms with Gasteiger partial charge in [-0.3, -0.25) is 14.0 Å². The third-order valence-corrected chi connectivity index (χ3v) is 18.6. The molecule has 0 spiro atoms. The molecule has 2 aliphatic heterocycles. The molecule has 8 unspecified atom stereocenters. The van der Waals surface area contributed by atoms with E-state index >= 15 is 0 Å². The fourth-order valence-electron chi connectivity index (χ4n) is 13.4. The first kappa shape index (κ1) is 65.7. The van der Waals surface area contributed by atoms with Crippen molar-refractivity contribution >= 4 is 52.2 Å². The molecule has 11 rings (SSSR count). The van der Waals surface area contributed by atoms with Crippen LogP contribution in [0.4, 0.5) is 0 Å². The zero-order chi connectivity index (χ0) is 52.8. The van der Waals surface area contributed by atoms with Gasteiger partial charge in [-0.25, -0.2) is 15.0 Å². The molecule has 19 heteroatoms. The third-order valence-electron chi connectivity index (χ3n) is 17.9. The molecule has 0 amide bonds. The van der Waals surface area contributed by atoms with E-state index in [4.69, 9.17) is 44.3 Å². The standard InChI is InChI=1S/C19H26ClN3O.C18H22ClN3O.C17H20ClN3O.C4H9O.Al.Li.Na.4H/c1-3-18(4-2)10-9-16(11-15-5-7-17(20)8-6-15)19(18,24)12-23-14-21-13-22-23;1-2-17-8-7-15(9-14-3-5-16(19)6-4-14)18(17,23-11-17)10-22-13-20-12-21-22;1-16-7-6-14(8-13-2-4-15(18)5-3-13)17(16,22-10-16)9-21-12-19-11-20-21;1-4(2,3)5;;;;;;;/h5-8,13-14,16,24H,3-4,9-12H2,1-2H3;3-6,12-13,15H,2,7-11H2,1H3;2-5,11-12,14H,6-10H2,1H3;1-3H3;;;;;;;/q;;;-1;;2*+1;;;;-1. The van der Waals surface area contributed by atoms with Crippen LogP contribution >= 0.6 is 34.8 Å². The van der Waals surface area contributed by atoms with Crippen LogP contribution in [0, 0.1) is 34.0 Å². The van der Waals surface area contributed by atoms with E-state index in [-0.39, 0.29) is 95.2 Å². The number of halogens is 3. The van der Waals surface area contributed by atoms with Crippen LogP contribution < -0.4 is 53.5 Å². The zero-order valence-electron chi connectivity index (χ0n) is 47.5. The number of rotatable bonds is 15. The Hall–Kier alpha value is -2.08. The quantitative estimate of drug-likeness (QED) is 0.147. The van der Waals surface area contributed by atoms with E-state index in [9.17, 15) is 10.2 Å². The van der Waals surface area contributed by atoms with Gasteiger partial charge in [-0.05, 0) is 148 Å². The van der Waals surface area contributed by atoms with E-state index < -0.39 is 11.2 Å². The normalized spacial score (nSPS) is 28.1. The summed E-state index contributed by atoms with van der Waals surface area (Å²) in [7, 11) is 0. The van der Waals surface area contributed by atoms with Crippen molar-refractivity contribution < 1.29 is 69.5 Å². The molecule has 2 saturated heterocycles. The molecule has 0 bridgehead atoms. The largest absolute Gasteiger partial charge is 1.00 e. The minimum atomic E-state index is -0.774. The number of nitrogens with zero attached hydrogens (tertiary/aromatic N) is 9. The summed E-state index contributed by atoms with van der Waals surface area (Å²) in [6.07, 6.45) is 23.0. The first-order valence-corrected chi connectivity index (χ1v) is 27.9. The molecule has 77 heavy (non-hydrogen) atoms. The van der Waals surface area contributed by atoms with Gasteiger partial charge in [-0.1, -0.05) is 120 Å². The number of fused-ring (bicyclic) bond motifs is 2. The number of hydrogen-bond acceptors (Lipinski definition) is 10. The summed E-state index contributed by atoms with van der Waals surface area (Å²) >= 11 is 18.0. The first-order chi connectivity index (χ1) is 35.3. The molecule has 5 aliphatic rings. The van der Waals surface area contributed by atoms with Crippen LogP contribution in [0.5, 0.6) is 0 Å². The van der Waals surface area contributed by atoms with Crippen LogP contribution in [0.1, 0.15) is 124 Å². The number of aliphatic hydroxyl groups is 1. The number of hydrogen-bond donors (Lipinski definition) is 1. The Morgan fingerprint density at radius 3 is 1.34 bits per heavy atom. The van der Waals surface area contributed by atoms with Gasteiger partial charge in [0.2, 0.25) is 0 Å². The van der Waals surface area contributed by atoms with Crippen molar-refractivity contribution in [2.75, 3.05) is 13.2 Å². The first-order valence-electron chi connectivity index (χ1n) is 26.7. The van der Waals surface area contributed by atoms with Crippen molar-refractivity contribution in [3.8, 4) is 0 Å². The van der Waals surface area contributed by atoms with Crippen LogP contribution in [0.3, 0.4) is 0 Å². The Morgan fingerprint density at radius 2 is 0.974 bits per heavy atom. The Morgan fingerprint density at radius 1 is 0.597 bits per heavy atom. The predicted molar refractivity (Wildman–Crippen MR) is 301 cm³/mol. The van der Waals surface area contributed by atoms with Gasteiger partial charge in [0.25, 0.3) is 0 Å². The maximum absolute atomic E-state index is 11.8. The van der Waals surface area contributed by atoms with Gasteiger partial charge in [-0.15, -0.1) is 5.60 Å². The van der Waals surface area contributed by atoms with E-state index in [1.165, 1.54) is 55.1 Å². The molecule has 3 aliphatic carbocycles. The fraction of sp³-hybridized carbons (Fsp3) is 0.586. The zero-order valence-corrected chi connectivity index (χ0v) is 50.7. The van der Waals surface area contributed by atoms with E-state index in [0.29, 0.717) is 23.8 Å². The molecule has 1 N–H and O–H groups in total. The SMILES string of the molecule is CC(C)(C)[O-].CC12CCC(Cc3ccc(Cl)cc3)C1(Cn1cncn1)OC2.CCC1(CC)CCC(Cc2ccc(Cl)cc2)C1(O)Cn1cncn1.CCC12CCC(Cc3ccc(Cl)cc3)C1(Cn1cncn1)OC2.[AlH3].[H-].[Li+].[Na+]. The Labute approximate surface area is 518 Å². The molecule has 3 aromatic carbocycles. The number of benzene rings is 3. The smallest absolute Gasteiger partial charge is 1.00 e. The van der Waals surface area contributed by atoms with Crippen LogP contribution in [-0.4, -0.2) is 102 Å². The average Bonchev–Trinajstić information content (AvgIpc) is 4.31. The summed E-state index contributed by atoms with van der Waals surface area (Å²) in [4.78, 5) is 12.2. The van der Waals surface area contributed by atoms with Gasteiger partial charge in [-0.2, -0.15) is 15.3 Å². The minimum absolute atomic E-state index is 0. The maximum atomic E-state index is 11.8. The molecule has 6 aromatic rings. The van der Waals surface area contributed by atoms with Crippen molar-refractivity contribution in [2.45, 2.75) is 168 Å². The van der Waals surface area contributed by atoms with Crippen LogP contribution in [0.2, 0.25) is 15.1 Å². The van der Waals surface area contributed by atoms with Crippen molar-refractivity contribution in [2.24, 2.45) is 34.0 Å². The molecule has 3 aromatic heterocycles. The molecule has 408 valence electrons. The number of aromatic nitrogens is 9. The molecule has 0 radical (unpaired) electrons. The minimum Gasteiger partial charge on any atom is -1.00 e. The Kier molecular flexibility index (Phi) is 23.7. The topological polar surface area (TPSA) is 154 Å². The Balaban J connectivity index is 0.000000236. The summed E-state index contributed by atoms with van der Waals surface area (Å²) in [5, 5.41) is 37.1. The van der Waals surface area contributed by atoms with Gasteiger partial charge in [0, 0.05) is 31.3 Å². The molecular weight excluding hydrogens is 1050 g/mol. The average molecular weight is 1130 g/mol. The van der Waals surface area contributed by atoms with Gasteiger partial charge in [0.15, 0.2) is 17.4 Å². The molecule has 8 atom stereocenters. The Bertz CT molecular complexity index is 2670. The summed E-state index contributed by atoms with van der Waals surface area (Å²) in [5.74, 6) is 1.24. The van der Waals surface area contributed by atoms with E-state index in [0.717, 1.165) is 86.3 Å². The molecule has 5 heterocycles. The monoisotopic (exact) mass is 1130 g/mol. The van der Waals surface area contributed by atoms with Gasteiger partial charge in [0.05, 0.1) is 49.7 Å². The summed E-state index contributed by atoms with van der Waals surface area (Å²) in [6, 6.07) is 24.4. The van der Waals surface area contributed by atoms with E-state index in [1.807, 2.05) is 45.8 Å². The maximum Gasteiger partial charge on any atom is 1.00 e. The second kappa shape index (κ2) is 27.8. The van der Waals surface area contributed by atoms with Crippen molar-refractivity contribution in [3.63, 3.8) is 0 Å². The molecule has 13 nitrogen and oxygen atoms in total. The second-order valence-electron chi connectivity index (χ2n) is 23.1. The van der Waals surface area contributed by atoms with Crippen molar-refractivity contribution in [3.05, 3.63) is 143 Å². The molecule has 5 fully saturated rings. The number of ether oxygens (including phenoxy) is 2. The van der Waals surface area contributed by atoms with Crippen molar-refractivity contribution in [1.82, 2.24) is 44.3 Å². The summed E-state index contributed by atoms with van der Waals surface area (Å²) < 4.78 is 18.1. The van der Waals surface area contributed by atoms with Crippen molar-refractivity contribution in [1.29, 1.82) is 0 Å². The summed E-state index contributed by atoms with van der Waals surface area (Å²) in [6.45, 7) is 17.8. The second-order valence-corrected chi connectivity index (χ2v) is 24.4. The van der Waals surface area contributed by atoms with E-state index in [2.05, 4.69) is 94.3 Å². The van der Waals surface area contributed by atoms with E-state index in [1.54, 1.807) is 57.1 Å². The molecular formula is C58H81AlCl3LiN9NaO4.